The van der Waals surface area contributed by atoms with E-state index in [4.69, 9.17) is 14.2 Å². The number of carbonyl (C=O) groups excluding carboxylic acids is 2. The smallest absolute Gasteiger partial charge is 0.337 e. The lowest BCUT2D eigenvalue weighted by atomic mass is 10.1. The second-order valence-electron chi connectivity index (χ2n) is 4.78. The van der Waals surface area contributed by atoms with Crippen molar-refractivity contribution in [1.82, 2.24) is 4.90 Å². The molecular weight excluding hydrogens is 274 g/mol. The van der Waals surface area contributed by atoms with Gasteiger partial charge in [0.1, 0.15) is 6.04 Å². The molecule has 0 aromatic heterocycles. The van der Waals surface area contributed by atoms with Gasteiger partial charge in [-0.2, -0.15) is 0 Å². The van der Waals surface area contributed by atoms with E-state index < -0.39 is 6.04 Å². The zero-order chi connectivity index (χ0) is 15.2. The zero-order valence-electron chi connectivity index (χ0n) is 12.2. The Morgan fingerprint density at radius 1 is 1.33 bits per heavy atom. The maximum Gasteiger partial charge on any atom is 0.337 e. The second kappa shape index (κ2) is 7.19. The van der Waals surface area contributed by atoms with Crippen molar-refractivity contribution in [3.8, 4) is 0 Å². The van der Waals surface area contributed by atoms with Crippen molar-refractivity contribution < 1.29 is 23.8 Å². The molecule has 0 aliphatic carbocycles. The quantitative estimate of drug-likeness (QED) is 0.767. The molecule has 1 fully saturated rings. The van der Waals surface area contributed by atoms with Crippen molar-refractivity contribution in [2.75, 3.05) is 34.0 Å². The summed E-state index contributed by atoms with van der Waals surface area (Å²) in [5.74, 6) is -0.679. The number of hydrogen-bond acceptors (Lipinski definition) is 6. The van der Waals surface area contributed by atoms with E-state index in [9.17, 15) is 9.59 Å². The lowest BCUT2D eigenvalue weighted by Crippen LogP contribution is -2.49. The molecule has 21 heavy (non-hydrogen) atoms. The molecule has 1 atom stereocenters. The molecule has 0 bridgehead atoms. The van der Waals surface area contributed by atoms with Crippen molar-refractivity contribution in [3.05, 3.63) is 35.4 Å². The molecular formula is C15H19NO5. The first-order chi connectivity index (χ1) is 10.2. The van der Waals surface area contributed by atoms with Crippen molar-refractivity contribution in [2.45, 2.75) is 12.6 Å². The highest BCUT2D eigenvalue weighted by atomic mass is 16.5. The van der Waals surface area contributed by atoms with Crippen molar-refractivity contribution in [3.63, 3.8) is 0 Å². The fourth-order valence-corrected chi connectivity index (χ4v) is 2.33. The van der Waals surface area contributed by atoms with Gasteiger partial charge in [0, 0.05) is 13.1 Å². The van der Waals surface area contributed by atoms with Crippen molar-refractivity contribution >= 4 is 11.9 Å². The van der Waals surface area contributed by atoms with Gasteiger partial charge < -0.3 is 14.2 Å². The van der Waals surface area contributed by atoms with E-state index in [2.05, 4.69) is 0 Å². The summed E-state index contributed by atoms with van der Waals surface area (Å²) in [5, 5.41) is 0. The zero-order valence-corrected chi connectivity index (χ0v) is 12.2. The molecule has 0 spiro atoms. The van der Waals surface area contributed by atoms with E-state index >= 15 is 0 Å². The van der Waals surface area contributed by atoms with Gasteiger partial charge in [-0.05, 0) is 17.7 Å². The number of methoxy groups -OCH3 is 2. The molecule has 6 heteroatoms. The van der Waals surface area contributed by atoms with Gasteiger partial charge in [0.25, 0.3) is 0 Å². The summed E-state index contributed by atoms with van der Waals surface area (Å²) in [5.41, 5.74) is 1.44. The average Bonchev–Trinajstić information content (AvgIpc) is 2.54. The Morgan fingerprint density at radius 3 is 2.86 bits per heavy atom. The van der Waals surface area contributed by atoms with E-state index in [0.29, 0.717) is 31.9 Å². The first kappa shape index (κ1) is 15.5. The number of nitrogens with zero attached hydrogens (tertiary/aromatic N) is 1. The second-order valence-corrected chi connectivity index (χ2v) is 4.78. The van der Waals surface area contributed by atoms with Crippen LogP contribution in [0.2, 0.25) is 0 Å². The van der Waals surface area contributed by atoms with Gasteiger partial charge in [-0.25, -0.2) is 4.79 Å². The van der Waals surface area contributed by atoms with Crippen LogP contribution in [0.3, 0.4) is 0 Å². The number of morpholine rings is 1. The third-order valence-corrected chi connectivity index (χ3v) is 3.45. The van der Waals surface area contributed by atoms with Crippen LogP contribution in [0.4, 0.5) is 0 Å². The summed E-state index contributed by atoms with van der Waals surface area (Å²) in [6.45, 7) is 2.09. The van der Waals surface area contributed by atoms with E-state index in [1.807, 2.05) is 11.0 Å². The molecule has 2 rings (SSSR count). The summed E-state index contributed by atoms with van der Waals surface area (Å²) in [6.07, 6.45) is 0. The van der Waals surface area contributed by atoms with E-state index in [1.165, 1.54) is 14.2 Å². The third kappa shape index (κ3) is 3.80. The van der Waals surface area contributed by atoms with Gasteiger partial charge >= 0.3 is 11.9 Å². The Labute approximate surface area is 123 Å². The minimum absolute atomic E-state index is 0.307. The SMILES string of the molecule is COC(=O)c1cccc(CN2CCOCC2C(=O)OC)c1. The number of ether oxygens (including phenoxy) is 3. The largest absolute Gasteiger partial charge is 0.468 e. The number of hydrogen-bond donors (Lipinski definition) is 0. The summed E-state index contributed by atoms with van der Waals surface area (Å²) in [7, 11) is 2.72. The Bertz CT molecular complexity index is 517. The molecule has 114 valence electrons. The first-order valence-electron chi connectivity index (χ1n) is 6.72. The minimum atomic E-state index is -0.412. The van der Waals surface area contributed by atoms with E-state index in [-0.39, 0.29) is 11.9 Å². The van der Waals surface area contributed by atoms with Gasteiger partial charge in [-0.3, -0.25) is 9.69 Å². The molecule has 1 aromatic rings. The molecule has 0 amide bonds. The van der Waals surface area contributed by atoms with Crippen molar-refractivity contribution in [2.24, 2.45) is 0 Å². The van der Waals surface area contributed by atoms with Crippen LogP contribution in [-0.2, 0) is 25.5 Å². The number of carbonyl (C=O) groups is 2. The Hall–Kier alpha value is -1.92. The van der Waals surface area contributed by atoms with Crippen LogP contribution in [0.25, 0.3) is 0 Å². The van der Waals surface area contributed by atoms with E-state index in [0.717, 1.165) is 5.56 Å². The van der Waals surface area contributed by atoms with Gasteiger partial charge in [-0.15, -0.1) is 0 Å². The number of esters is 2. The molecule has 1 aliphatic rings. The highest BCUT2D eigenvalue weighted by molar-refractivity contribution is 5.89. The predicted molar refractivity (Wildman–Crippen MR) is 74.8 cm³/mol. The number of rotatable bonds is 4. The van der Waals surface area contributed by atoms with Crippen molar-refractivity contribution in [1.29, 1.82) is 0 Å². The monoisotopic (exact) mass is 293 g/mol. The lowest BCUT2D eigenvalue weighted by Gasteiger charge is -2.33. The van der Waals surface area contributed by atoms with E-state index in [1.54, 1.807) is 18.2 Å². The fraction of sp³-hybridized carbons (Fsp3) is 0.467. The molecule has 1 saturated heterocycles. The predicted octanol–water partition coefficient (Wildman–Crippen LogP) is 0.847. The Kier molecular flexibility index (Phi) is 5.30. The summed E-state index contributed by atoms with van der Waals surface area (Å²) >= 11 is 0. The van der Waals surface area contributed by atoms with Crippen LogP contribution >= 0.6 is 0 Å². The summed E-state index contributed by atoms with van der Waals surface area (Å²) < 4.78 is 14.8. The maximum atomic E-state index is 11.8. The molecule has 6 nitrogen and oxygen atoms in total. The standard InChI is InChI=1S/C15H19NO5/c1-19-14(17)12-5-3-4-11(8-12)9-16-6-7-21-10-13(16)15(18)20-2/h3-5,8,13H,6-7,9-10H2,1-2H3. The molecule has 0 saturated carbocycles. The molecule has 0 N–H and O–H groups in total. The molecule has 0 radical (unpaired) electrons. The van der Waals surface area contributed by atoms with Gasteiger partial charge in [0.15, 0.2) is 0 Å². The maximum absolute atomic E-state index is 11.8. The van der Waals surface area contributed by atoms with Crippen LogP contribution < -0.4 is 0 Å². The molecule has 1 aliphatic heterocycles. The first-order valence-corrected chi connectivity index (χ1v) is 6.72. The molecule has 1 aromatic carbocycles. The van der Waals surface area contributed by atoms with Gasteiger partial charge in [0.2, 0.25) is 0 Å². The average molecular weight is 293 g/mol. The van der Waals surface area contributed by atoms with Crippen LogP contribution in [0.15, 0.2) is 24.3 Å². The Balaban J connectivity index is 2.12. The van der Waals surface area contributed by atoms with Crippen LogP contribution in [-0.4, -0.2) is 56.9 Å². The summed E-state index contributed by atoms with van der Waals surface area (Å²) in [6, 6.07) is 6.78. The van der Waals surface area contributed by atoms with Crippen LogP contribution in [0.5, 0.6) is 0 Å². The lowest BCUT2D eigenvalue weighted by molar-refractivity contribution is -0.153. The summed E-state index contributed by atoms with van der Waals surface area (Å²) in [4.78, 5) is 25.3. The van der Waals surface area contributed by atoms with Gasteiger partial charge in [-0.1, -0.05) is 12.1 Å². The topological polar surface area (TPSA) is 65.1 Å². The highest BCUT2D eigenvalue weighted by Gasteiger charge is 2.30. The van der Waals surface area contributed by atoms with Crippen LogP contribution in [0, 0.1) is 0 Å². The number of benzene rings is 1. The highest BCUT2D eigenvalue weighted by Crippen LogP contribution is 2.15. The normalized spacial score (nSPS) is 19.0. The fourth-order valence-electron chi connectivity index (χ4n) is 2.33. The third-order valence-electron chi connectivity index (χ3n) is 3.45. The minimum Gasteiger partial charge on any atom is -0.468 e. The Morgan fingerprint density at radius 2 is 2.14 bits per heavy atom. The van der Waals surface area contributed by atoms with Gasteiger partial charge in [0.05, 0.1) is 33.0 Å². The molecule has 1 heterocycles. The van der Waals surface area contributed by atoms with Crippen LogP contribution in [0.1, 0.15) is 15.9 Å². The molecule has 1 unspecified atom stereocenters.